The summed E-state index contributed by atoms with van der Waals surface area (Å²) in [5, 5.41) is 2.30. The fourth-order valence-corrected chi connectivity index (χ4v) is 2.78. The Labute approximate surface area is 128 Å². The van der Waals surface area contributed by atoms with Crippen LogP contribution in [0.15, 0.2) is 49.1 Å². The molecule has 0 amide bonds. The van der Waals surface area contributed by atoms with E-state index in [0.717, 1.165) is 48.8 Å². The van der Waals surface area contributed by atoms with E-state index in [1.54, 1.807) is 0 Å². The number of aromatic nitrogens is 3. The standard InChI is InChI=1S/C17H16N4O/c1-2-4-15-13(3-1)9-16(21-5-7-22-8-6-21)20-17(15)14-10-18-12-19-11-14/h1-4,9-12H,5-8H2. The summed E-state index contributed by atoms with van der Waals surface area (Å²) in [4.78, 5) is 15.4. The quantitative estimate of drug-likeness (QED) is 0.726. The molecule has 22 heavy (non-hydrogen) atoms. The smallest absolute Gasteiger partial charge is 0.130 e. The molecular formula is C17H16N4O. The molecule has 0 spiro atoms. The summed E-state index contributed by atoms with van der Waals surface area (Å²) in [6.45, 7) is 3.24. The van der Waals surface area contributed by atoms with E-state index in [4.69, 9.17) is 9.72 Å². The third kappa shape index (κ3) is 2.40. The topological polar surface area (TPSA) is 51.1 Å². The number of rotatable bonds is 2. The van der Waals surface area contributed by atoms with Crippen LogP contribution < -0.4 is 4.90 Å². The predicted octanol–water partition coefficient (Wildman–Crippen LogP) is 2.53. The van der Waals surface area contributed by atoms with Crippen LogP contribution in [0.5, 0.6) is 0 Å². The summed E-state index contributed by atoms with van der Waals surface area (Å²) < 4.78 is 5.43. The second-order valence-electron chi connectivity index (χ2n) is 5.28. The molecule has 0 radical (unpaired) electrons. The average Bonchev–Trinajstić information content (AvgIpc) is 2.62. The number of anilines is 1. The minimum atomic E-state index is 0.748. The summed E-state index contributed by atoms with van der Waals surface area (Å²) in [6, 6.07) is 10.4. The zero-order chi connectivity index (χ0) is 14.8. The maximum absolute atomic E-state index is 5.43. The minimum absolute atomic E-state index is 0.748. The van der Waals surface area contributed by atoms with Gasteiger partial charge in [-0.25, -0.2) is 15.0 Å². The summed E-state index contributed by atoms with van der Waals surface area (Å²) >= 11 is 0. The van der Waals surface area contributed by atoms with Gasteiger partial charge >= 0.3 is 0 Å². The molecule has 5 nitrogen and oxygen atoms in total. The van der Waals surface area contributed by atoms with Crippen molar-refractivity contribution in [3.8, 4) is 11.3 Å². The molecule has 3 aromatic rings. The van der Waals surface area contributed by atoms with Crippen molar-refractivity contribution < 1.29 is 4.74 Å². The van der Waals surface area contributed by atoms with E-state index in [2.05, 4.69) is 39.1 Å². The van der Waals surface area contributed by atoms with Crippen molar-refractivity contribution in [2.75, 3.05) is 31.2 Å². The first-order valence-corrected chi connectivity index (χ1v) is 7.40. The zero-order valence-electron chi connectivity index (χ0n) is 12.1. The number of hydrogen-bond acceptors (Lipinski definition) is 5. The van der Waals surface area contributed by atoms with Gasteiger partial charge in [0.1, 0.15) is 12.1 Å². The third-order valence-corrected chi connectivity index (χ3v) is 3.90. The highest BCUT2D eigenvalue weighted by molar-refractivity contribution is 5.96. The third-order valence-electron chi connectivity index (χ3n) is 3.90. The lowest BCUT2D eigenvalue weighted by Crippen LogP contribution is -2.36. The van der Waals surface area contributed by atoms with Crippen LogP contribution in [0.3, 0.4) is 0 Å². The lowest BCUT2D eigenvalue weighted by atomic mass is 10.1. The summed E-state index contributed by atoms with van der Waals surface area (Å²) in [6.07, 6.45) is 5.16. The highest BCUT2D eigenvalue weighted by atomic mass is 16.5. The molecule has 110 valence electrons. The van der Waals surface area contributed by atoms with E-state index in [1.807, 2.05) is 18.5 Å². The van der Waals surface area contributed by atoms with Crippen LogP contribution in [0, 0.1) is 0 Å². The van der Waals surface area contributed by atoms with E-state index in [1.165, 1.54) is 11.7 Å². The molecule has 0 aliphatic carbocycles. The Morgan fingerprint density at radius 2 is 1.77 bits per heavy atom. The van der Waals surface area contributed by atoms with Crippen LogP contribution in [-0.4, -0.2) is 41.3 Å². The van der Waals surface area contributed by atoms with Gasteiger partial charge in [-0.3, -0.25) is 0 Å². The Balaban J connectivity index is 1.89. The normalized spacial score (nSPS) is 15.2. The van der Waals surface area contributed by atoms with Crippen molar-refractivity contribution in [2.45, 2.75) is 0 Å². The number of benzene rings is 1. The van der Waals surface area contributed by atoms with Gasteiger partial charge in [0.05, 0.1) is 18.9 Å². The van der Waals surface area contributed by atoms with Crippen LogP contribution in [0.2, 0.25) is 0 Å². The monoisotopic (exact) mass is 292 g/mol. The number of ether oxygens (including phenoxy) is 1. The highest BCUT2D eigenvalue weighted by Gasteiger charge is 2.15. The molecule has 4 rings (SSSR count). The Bertz CT molecular complexity index is 785. The second-order valence-corrected chi connectivity index (χ2v) is 5.28. The lowest BCUT2D eigenvalue weighted by molar-refractivity contribution is 0.122. The van der Waals surface area contributed by atoms with Crippen LogP contribution in [-0.2, 0) is 4.74 Å². The van der Waals surface area contributed by atoms with Crippen molar-refractivity contribution >= 4 is 16.6 Å². The first kappa shape index (κ1) is 13.2. The fourth-order valence-electron chi connectivity index (χ4n) is 2.78. The molecule has 1 aliphatic rings. The van der Waals surface area contributed by atoms with Gasteiger partial charge in [0.15, 0.2) is 0 Å². The molecule has 0 bridgehead atoms. The molecule has 0 atom stereocenters. The van der Waals surface area contributed by atoms with Gasteiger partial charge in [-0.05, 0) is 11.5 Å². The molecular weight excluding hydrogens is 276 g/mol. The lowest BCUT2D eigenvalue weighted by Gasteiger charge is -2.28. The molecule has 1 aliphatic heterocycles. The molecule has 0 saturated carbocycles. The molecule has 3 heterocycles. The molecule has 2 aromatic heterocycles. The van der Waals surface area contributed by atoms with E-state index < -0.39 is 0 Å². The van der Waals surface area contributed by atoms with E-state index in [9.17, 15) is 0 Å². The molecule has 1 saturated heterocycles. The average molecular weight is 292 g/mol. The number of nitrogens with zero attached hydrogens (tertiary/aromatic N) is 4. The van der Waals surface area contributed by atoms with Crippen molar-refractivity contribution in [2.24, 2.45) is 0 Å². The minimum Gasteiger partial charge on any atom is -0.378 e. The van der Waals surface area contributed by atoms with Crippen LogP contribution in [0.4, 0.5) is 5.82 Å². The van der Waals surface area contributed by atoms with Crippen LogP contribution in [0.25, 0.3) is 22.0 Å². The van der Waals surface area contributed by atoms with E-state index in [0.29, 0.717) is 0 Å². The predicted molar refractivity (Wildman–Crippen MR) is 85.8 cm³/mol. The molecule has 5 heteroatoms. The van der Waals surface area contributed by atoms with E-state index >= 15 is 0 Å². The van der Waals surface area contributed by atoms with Crippen molar-refractivity contribution in [3.63, 3.8) is 0 Å². The number of fused-ring (bicyclic) bond motifs is 1. The summed E-state index contributed by atoms with van der Waals surface area (Å²) in [7, 11) is 0. The van der Waals surface area contributed by atoms with Gasteiger partial charge in [0.25, 0.3) is 0 Å². The Kier molecular flexibility index (Phi) is 3.40. The van der Waals surface area contributed by atoms with Gasteiger partial charge in [0.2, 0.25) is 0 Å². The first-order valence-electron chi connectivity index (χ1n) is 7.40. The van der Waals surface area contributed by atoms with Crippen LogP contribution >= 0.6 is 0 Å². The Morgan fingerprint density at radius 1 is 1.00 bits per heavy atom. The summed E-state index contributed by atoms with van der Waals surface area (Å²) in [5.41, 5.74) is 1.87. The Hall–Kier alpha value is -2.53. The van der Waals surface area contributed by atoms with Gasteiger partial charge in [-0.2, -0.15) is 0 Å². The van der Waals surface area contributed by atoms with Crippen molar-refractivity contribution in [1.29, 1.82) is 0 Å². The largest absolute Gasteiger partial charge is 0.378 e. The molecule has 0 unspecified atom stereocenters. The number of morpholine rings is 1. The van der Waals surface area contributed by atoms with Crippen molar-refractivity contribution in [1.82, 2.24) is 15.0 Å². The fraction of sp³-hybridized carbons (Fsp3) is 0.235. The Morgan fingerprint density at radius 3 is 2.59 bits per heavy atom. The van der Waals surface area contributed by atoms with Gasteiger partial charge in [-0.15, -0.1) is 0 Å². The first-order chi connectivity index (χ1) is 10.9. The highest BCUT2D eigenvalue weighted by Crippen LogP contribution is 2.29. The number of pyridine rings is 1. The maximum Gasteiger partial charge on any atom is 0.130 e. The van der Waals surface area contributed by atoms with Crippen molar-refractivity contribution in [3.05, 3.63) is 49.1 Å². The zero-order valence-corrected chi connectivity index (χ0v) is 12.1. The van der Waals surface area contributed by atoms with Gasteiger partial charge in [0, 0.05) is 36.4 Å². The van der Waals surface area contributed by atoms with Gasteiger partial charge < -0.3 is 9.64 Å². The second kappa shape index (κ2) is 5.69. The molecule has 1 aromatic carbocycles. The molecule has 0 N–H and O–H groups in total. The summed E-state index contributed by atoms with van der Waals surface area (Å²) in [5.74, 6) is 0.987. The van der Waals surface area contributed by atoms with E-state index in [-0.39, 0.29) is 0 Å². The number of hydrogen-bond donors (Lipinski definition) is 0. The SMILES string of the molecule is c1ccc2c(-c3cncnc3)nc(N3CCOCC3)cc2c1. The molecule has 1 fully saturated rings. The van der Waals surface area contributed by atoms with Gasteiger partial charge in [-0.1, -0.05) is 24.3 Å². The maximum atomic E-state index is 5.43. The van der Waals surface area contributed by atoms with Crippen LogP contribution in [0.1, 0.15) is 0 Å².